The first-order valence-electron chi connectivity index (χ1n) is 4.89. The zero-order chi connectivity index (χ0) is 11.5. The molecule has 80 valence electrons. The second-order valence-electron chi connectivity index (χ2n) is 3.52. The van der Waals surface area contributed by atoms with Crippen LogP contribution in [0.1, 0.15) is 15.9 Å². The minimum Gasteiger partial charge on any atom is -0.298 e. The fourth-order valence-corrected chi connectivity index (χ4v) is 1.55. The van der Waals surface area contributed by atoms with Crippen LogP contribution in [0.15, 0.2) is 36.5 Å². The number of hydrogen-bond donors (Lipinski definition) is 0. The van der Waals surface area contributed by atoms with Gasteiger partial charge in [0.25, 0.3) is 0 Å². The van der Waals surface area contributed by atoms with E-state index in [9.17, 15) is 9.18 Å². The lowest BCUT2D eigenvalue weighted by molar-refractivity contribution is 0.112. The van der Waals surface area contributed by atoms with Gasteiger partial charge >= 0.3 is 0 Å². The number of hydrogen-bond acceptors (Lipinski definition) is 2. The van der Waals surface area contributed by atoms with E-state index < -0.39 is 0 Å². The fraction of sp³-hybridized carbons (Fsp3) is 0.0769. The highest BCUT2D eigenvalue weighted by Gasteiger charge is 2.06. The molecule has 2 rings (SSSR count). The van der Waals surface area contributed by atoms with E-state index in [1.807, 2.05) is 0 Å². The average molecular weight is 215 g/mol. The normalized spacial score (nSPS) is 10.1. The Labute approximate surface area is 92.8 Å². The van der Waals surface area contributed by atoms with Crippen molar-refractivity contribution in [2.24, 2.45) is 0 Å². The molecule has 0 aliphatic rings. The monoisotopic (exact) mass is 215 g/mol. The highest BCUT2D eigenvalue weighted by Crippen LogP contribution is 2.22. The van der Waals surface area contributed by atoms with Crippen LogP contribution in [0.3, 0.4) is 0 Å². The van der Waals surface area contributed by atoms with Crippen molar-refractivity contribution in [2.75, 3.05) is 0 Å². The number of nitrogens with zero attached hydrogens (tertiary/aromatic N) is 1. The highest BCUT2D eigenvalue weighted by molar-refractivity contribution is 5.85. The highest BCUT2D eigenvalue weighted by atomic mass is 19.1. The van der Waals surface area contributed by atoms with Gasteiger partial charge in [0.2, 0.25) is 0 Å². The van der Waals surface area contributed by atoms with Gasteiger partial charge in [-0.1, -0.05) is 0 Å². The molecule has 1 aromatic carbocycles. The molecule has 0 amide bonds. The Bertz CT molecular complexity index is 537. The lowest BCUT2D eigenvalue weighted by Gasteiger charge is -2.05. The molecule has 0 radical (unpaired) electrons. The van der Waals surface area contributed by atoms with Crippen molar-refractivity contribution in [1.82, 2.24) is 4.98 Å². The number of carbonyl (C=O) groups is 1. The van der Waals surface area contributed by atoms with Gasteiger partial charge in [-0.15, -0.1) is 0 Å². The molecule has 0 saturated carbocycles. The van der Waals surface area contributed by atoms with E-state index >= 15 is 0 Å². The number of aldehydes is 1. The smallest absolute Gasteiger partial charge is 0.152 e. The summed E-state index contributed by atoms with van der Waals surface area (Å²) in [4.78, 5) is 15.0. The number of pyridine rings is 1. The third-order valence-electron chi connectivity index (χ3n) is 2.40. The third kappa shape index (κ3) is 1.84. The molecular formula is C13H10FNO. The van der Waals surface area contributed by atoms with E-state index in [1.54, 1.807) is 37.4 Å². The van der Waals surface area contributed by atoms with Gasteiger partial charge in [0.05, 0.1) is 5.69 Å². The van der Waals surface area contributed by atoms with Crippen LogP contribution in [0.25, 0.3) is 11.3 Å². The molecule has 0 atom stereocenters. The maximum absolute atomic E-state index is 13.1. The molecular weight excluding hydrogens is 205 g/mol. The number of halogens is 1. The minimum atomic E-state index is -0.257. The lowest BCUT2D eigenvalue weighted by atomic mass is 10.0. The molecule has 2 nitrogen and oxygen atoms in total. The van der Waals surface area contributed by atoms with Gasteiger partial charge in [0.1, 0.15) is 5.82 Å². The minimum absolute atomic E-state index is 0.257. The van der Waals surface area contributed by atoms with Crippen molar-refractivity contribution in [3.63, 3.8) is 0 Å². The Morgan fingerprint density at radius 2 is 2.12 bits per heavy atom. The largest absolute Gasteiger partial charge is 0.298 e. The van der Waals surface area contributed by atoms with Crippen LogP contribution in [0.5, 0.6) is 0 Å². The first kappa shape index (κ1) is 10.5. The Morgan fingerprint density at radius 3 is 2.81 bits per heavy atom. The molecule has 0 unspecified atom stereocenters. The van der Waals surface area contributed by atoms with Gasteiger partial charge in [0.15, 0.2) is 6.29 Å². The molecule has 1 aromatic heterocycles. The Balaban J connectivity index is 2.58. The van der Waals surface area contributed by atoms with Crippen molar-refractivity contribution >= 4 is 6.29 Å². The Hall–Kier alpha value is -2.03. The number of benzene rings is 1. The number of aromatic nitrogens is 1. The van der Waals surface area contributed by atoms with Gasteiger partial charge in [-0.05, 0) is 42.8 Å². The Kier molecular flexibility index (Phi) is 2.77. The first-order chi connectivity index (χ1) is 7.72. The predicted octanol–water partition coefficient (Wildman–Crippen LogP) is 3.01. The molecule has 3 heteroatoms. The van der Waals surface area contributed by atoms with E-state index in [-0.39, 0.29) is 5.82 Å². The molecule has 0 bridgehead atoms. The van der Waals surface area contributed by atoms with Crippen molar-refractivity contribution in [3.05, 3.63) is 53.5 Å². The summed E-state index contributed by atoms with van der Waals surface area (Å²) in [6.07, 6.45) is 2.36. The maximum atomic E-state index is 13.1. The van der Waals surface area contributed by atoms with Crippen LogP contribution in [-0.4, -0.2) is 11.3 Å². The molecule has 16 heavy (non-hydrogen) atoms. The second kappa shape index (κ2) is 4.23. The van der Waals surface area contributed by atoms with E-state index in [2.05, 4.69) is 4.98 Å². The summed E-state index contributed by atoms with van der Waals surface area (Å²) in [5, 5.41) is 0. The van der Waals surface area contributed by atoms with Crippen LogP contribution in [-0.2, 0) is 0 Å². The summed E-state index contributed by atoms with van der Waals surface area (Å²) in [6, 6.07) is 8.08. The first-order valence-corrected chi connectivity index (χ1v) is 4.89. The molecule has 0 fully saturated rings. The predicted molar refractivity (Wildman–Crippen MR) is 59.8 cm³/mol. The second-order valence-corrected chi connectivity index (χ2v) is 3.52. The van der Waals surface area contributed by atoms with Gasteiger partial charge in [-0.25, -0.2) is 4.39 Å². The van der Waals surface area contributed by atoms with Crippen LogP contribution in [0.4, 0.5) is 4.39 Å². The van der Waals surface area contributed by atoms with Gasteiger partial charge in [-0.3, -0.25) is 9.78 Å². The quantitative estimate of drug-likeness (QED) is 0.721. The van der Waals surface area contributed by atoms with Crippen LogP contribution in [0, 0.1) is 12.7 Å². The third-order valence-corrected chi connectivity index (χ3v) is 2.40. The summed E-state index contributed by atoms with van der Waals surface area (Å²) in [6.45, 7) is 1.68. The molecule has 0 saturated heterocycles. The standard InChI is InChI=1S/C13H10FNO/c1-9-7-10(4-5-12(9)14)13-11(8-16)3-2-6-15-13/h2-8H,1H3. The topological polar surface area (TPSA) is 30.0 Å². The van der Waals surface area contributed by atoms with Crippen molar-refractivity contribution in [2.45, 2.75) is 6.92 Å². The van der Waals surface area contributed by atoms with E-state index in [0.29, 0.717) is 16.8 Å². The number of rotatable bonds is 2. The van der Waals surface area contributed by atoms with E-state index in [1.165, 1.54) is 6.07 Å². The van der Waals surface area contributed by atoms with Crippen molar-refractivity contribution in [3.8, 4) is 11.3 Å². The fourth-order valence-electron chi connectivity index (χ4n) is 1.55. The average Bonchev–Trinajstić information content (AvgIpc) is 2.32. The Morgan fingerprint density at radius 1 is 1.31 bits per heavy atom. The summed E-state index contributed by atoms with van der Waals surface area (Å²) in [5.74, 6) is -0.257. The number of carbonyl (C=O) groups excluding carboxylic acids is 1. The molecule has 0 N–H and O–H groups in total. The molecule has 0 aliphatic carbocycles. The lowest BCUT2D eigenvalue weighted by Crippen LogP contribution is -1.92. The SMILES string of the molecule is Cc1cc(-c2ncccc2C=O)ccc1F. The van der Waals surface area contributed by atoms with Gasteiger partial charge in [-0.2, -0.15) is 0 Å². The van der Waals surface area contributed by atoms with Crippen LogP contribution >= 0.6 is 0 Å². The van der Waals surface area contributed by atoms with Crippen molar-refractivity contribution in [1.29, 1.82) is 0 Å². The summed E-state index contributed by atoms with van der Waals surface area (Å²) < 4.78 is 13.1. The number of aryl methyl sites for hydroxylation is 1. The summed E-state index contributed by atoms with van der Waals surface area (Å²) in [7, 11) is 0. The summed E-state index contributed by atoms with van der Waals surface area (Å²) >= 11 is 0. The van der Waals surface area contributed by atoms with Crippen LogP contribution < -0.4 is 0 Å². The maximum Gasteiger partial charge on any atom is 0.152 e. The zero-order valence-corrected chi connectivity index (χ0v) is 8.77. The van der Waals surface area contributed by atoms with E-state index in [4.69, 9.17) is 0 Å². The molecule has 0 aliphatic heterocycles. The molecule has 2 aromatic rings. The van der Waals surface area contributed by atoms with Crippen LogP contribution in [0.2, 0.25) is 0 Å². The van der Waals surface area contributed by atoms with Gasteiger partial charge in [0, 0.05) is 17.3 Å². The van der Waals surface area contributed by atoms with Gasteiger partial charge < -0.3 is 0 Å². The molecule has 1 heterocycles. The molecule has 0 spiro atoms. The zero-order valence-electron chi connectivity index (χ0n) is 8.77. The summed E-state index contributed by atoms with van der Waals surface area (Å²) in [5.41, 5.74) is 2.38. The van der Waals surface area contributed by atoms with Crippen molar-refractivity contribution < 1.29 is 9.18 Å². The van der Waals surface area contributed by atoms with E-state index in [0.717, 1.165) is 11.8 Å².